The molecular formula is C9H17N. The third-order valence-electron chi connectivity index (χ3n) is 2.31. The molecule has 1 saturated heterocycles. The summed E-state index contributed by atoms with van der Waals surface area (Å²) in [6.07, 6.45) is 4.60. The Kier molecular flexibility index (Phi) is 2.50. The van der Waals surface area contributed by atoms with E-state index in [1.165, 1.54) is 12.8 Å². The Labute approximate surface area is 63.5 Å². The van der Waals surface area contributed by atoms with E-state index in [0.717, 1.165) is 12.0 Å². The Morgan fingerprint density at radius 2 is 2.20 bits per heavy atom. The minimum atomic E-state index is 0.576. The van der Waals surface area contributed by atoms with Gasteiger partial charge in [0, 0.05) is 12.1 Å². The van der Waals surface area contributed by atoms with Gasteiger partial charge in [-0.25, -0.2) is 0 Å². The van der Waals surface area contributed by atoms with Crippen LogP contribution in [0.25, 0.3) is 0 Å². The van der Waals surface area contributed by atoms with Crippen molar-refractivity contribution in [2.24, 2.45) is 5.92 Å². The normalized spacial score (nSPS) is 33.1. The van der Waals surface area contributed by atoms with Crippen molar-refractivity contribution in [3.63, 3.8) is 0 Å². The van der Waals surface area contributed by atoms with E-state index in [4.69, 9.17) is 0 Å². The molecule has 2 unspecified atom stereocenters. The van der Waals surface area contributed by atoms with Crippen LogP contribution in [0.4, 0.5) is 0 Å². The number of hydrogen-bond acceptors (Lipinski definition) is 1. The maximum Gasteiger partial charge on any atom is 0.0250 e. The molecule has 1 aliphatic heterocycles. The summed E-state index contributed by atoms with van der Waals surface area (Å²) < 4.78 is 0. The van der Waals surface area contributed by atoms with Crippen LogP contribution >= 0.6 is 0 Å². The van der Waals surface area contributed by atoms with E-state index >= 15 is 0 Å². The lowest BCUT2D eigenvalue weighted by molar-refractivity contribution is 0.442. The summed E-state index contributed by atoms with van der Waals surface area (Å²) in [7, 11) is 0. The molecule has 0 amide bonds. The molecule has 1 fully saturated rings. The Morgan fingerprint density at radius 1 is 1.50 bits per heavy atom. The molecule has 0 radical (unpaired) electrons. The molecule has 1 rings (SSSR count). The third kappa shape index (κ3) is 1.60. The lowest BCUT2D eigenvalue weighted by Crippen LogP contribution is -2.31. The summed E-state index contributed by atoms with van der Waals surface area (Å²) >= 11 is 0. The van der Waals surface area contributed by atoms with E-state index < -0.39 is 0 Å². The second kappa shape index (κ2) is 3.20. The van der Waals surface area contributed by atoms with Crippen molar-refractivity contribution in [3.8, 4) is 0 Å². The topological polar surface area (TPSA) is 12.0 Å². The standard InChI is InChI=1S/C9H17N/c1-4-8-5-6-9(10-8)7(2)3/h4,7-10H,1,5-6H2,2-3H3. The SMILES string of the molecule is C=CC1CCC(C(C)C)N1. The zero-order valence-corrected chi connectivity index (χ0v) is 6.93. The predicted molar refractivity (Wildman–Crippen MR) is 45.0 cm³/mol. The Bertz CT molecular complexity index is 118. The average molecular weight is 139 g/mol. The molecule has 1 N–H and O–H groups in total. The van der Waals surface area contributed by atoms with Gasteiger partial charge < -0.3 is 5.32 Å². The fraction of sp³-hybridized carbons (Fsp3) is 0.778. The monoisotopic (exact) mass is 139 g/mol. The minimum absolute atomic E-state index is 0.576. The van der Waals surface area contributed by atoms with Crippen LogP contribution in [0.5, 0.6) is 0 Å². The molecule has 0 aliphatic carbocycles. The molecule has 0 bridgehead atoms. The van der Waals surface area contributed by atoms with Crippen LogP contribution in [0.1, 0.15) is 26.7 Å². The van der Waals surface area contributed by atoms with E-state index in [-0.39, 0.29) is 0 Å². The molecule has 1 heteroatoms. The maximum absolute atomic E-state index is 3.77. The molecule has 2 atom stereocenters. The van der Waals surface area contributed by atoms with Crippen molar-refractivity contribution in [1.29, 1.82) is 0 Å². The summed E-state index contributed by atoms with van der Waals surface area (Å²) in [6, 6.07) is 1.30. The minimum Gasteiger partial charge on any atom is -0.308 e. The summed E-state index contributed by atoms with van der Waals surface area (Å²) in [4.78, 5) is 0. The smallest absolute Gasteiger partial charge is 0.0250 e. The average Bonchev–Trinajstić information content (AvgIpc) is 2.34. The number of nitrogens with one attached hydrogen (secondary N) is 1. The van der Waals surface area contributed by atoms with E-state index in [1.807, 2.05) is 6.08 Å². The summed E-state index contributed by atoms with van der Waals surface area (Å²) in [6.45, 7) is 8.31. The predicted octanol–water partition coefficient (Wildman–Crippen LogP) is 1.95. The Hall–Kier alpha value is -0.300. The van der Waals surface area contributed by atoms with Gasteiger partial charge in [0.05, 0.1) is 0 Å². The van der Waals surface area contributed by atoms with Crippen LogP contribution in [0, 0.1) is 5.92 Å². The van der Waals surface area contributed by atoms with Gasteiger partial charge in [-0.2, -0.15) is 0 Å². The van der Waals surface area contributed by atoms with Crippen LogP contribution in [-0.2, 0) is 0 Å². The second-order valence-corrected chi connectivity index (χ2v) is 3.44. The molecule has 1 heterocycles. The first kappa shape index (κ1) is 7.80. The fourth-order valence-electron chi connectivity index (χ4n) is 1.51. The fourth-order valence-corrected chi connectivity index (χ4v) is 1.51. The van der Waals surface area contributed by atoms with E-state index in [0.29, 0.717) is 6.04 Å². The molecule has 0 aromatic rings. The van der Waals surface area contributed by atoms with Crippen molar-refractivity contribution in [2.75, 3.05) is 0 Å². The van der Waals surface area contributed by atoms with Crippen molar-refractivity contribution >= 4 is 0 Å². The first-order chi connectivity index (χ1) is 4.74. The molecule has 0 aromatic carbocycles. The van der Waals surface area contributed by atoms with Crippen LogP contribution in [0.3, 0.4) is 0 Å². The first-order valence-corrected chi connectivity index (χ1v) is 4.12. The zero-order chi connectivity index (χ0) is 7.56. The lowest BCUT2D eigenvalue weighted by Gasteiger charge is -2.15. The van der Waals surface area contributed by atoms with Gasteiger partial charge in [-0.15, -0.1) is 6.58 Å². The van der Waals surface area contributed by atoms with Gasteiger partial charge in [0.15, 0.2) is 0 Å². The highest BCUT2D eigenvalue weighted by Gasteiger charge is 2.23. The molecule has 0 aromatic heterocycles. The van der Waals surface area contributed by atoms with E-state index in [2.05, 4.69) is 25.7 Å². The van der Waals surface area contributed by atoms with Gasteiger partial charge in [0.25, 0.3) is 0 Å². The molecule has 1 nitrogen and oxygen atoms in total. The largest absolute Gasteiger partial charge is 0.308 e. The van der Waals surface area contributed by atoms with Crippen LogP contribution in [0.2, 0.25) is 0 Å². The maximum atomic E-state index is 3.77. The van der Waals surface area contributed by atoms with E-state index in [1.54, 1.807) is 0 Å². The highest BCUT2D eigenvalue weighted by atomic mass is 15.0. The van der Waals surface area contributed by atoms with Gasteiger partial charge >= 0.3 is 0 Å². The Morgan fingerprint density at radius 3 is 2.50 bits per heavy atom. The summed E-state index contributed by atoms with van der Waals surface area (Å²) in [5.41, 5.74) is 0. The highest BCUT2D eigenvalue weighted by molar-refractivity contribution is 4.94. The quantitative estimate of drug-likeness (QED) is 0.577. The number of rotatable bonds is 2. The van der Waals surface area contributed by atoms with Crippen LogP contribution < -0.4 is 5.32 Å². The number of hydrogen-bond donors (Lipinski definition) is 1. The molecule has 0 spiro atoms. The van der Waals surface area contributed by atoms with Crippen molar-refractivity contribution in [3.05, 3.63) is 12.7 Å². The highest BCUT2D eigenvalue weighted by Crippen LogP contribution is 2.18. The molecule has 58 valence electrons. The molecule has 0 saturated carbocycles. The summed E-state index contributed by atoms with van der Waals surface area (Å²) in [5, 5.41) is 3.52. The van der Waals surface area contributed by atoms with Gasteiger partial charge in [0.2, 0.25) is 0 Å². The lowest BCUT2D eigenvalue weighted by atomic mass is 10.0. The van der Waals surface area contributed by atoms with Gasteiger partial charge in [-0.05, 0) is 18.8 Å². The van der Waals surface area contributed by atoms with Crippen molar-refractivity contribution in [1.82, 2.24) is 5.32 Å². The Balaban J connectivity index is 2.35. The van der Waals surface area contributed by atoms with Crippen molar-refractivity contribution in [2.45, 2.75) is 38.8 Å². The third-order valence-corrected chi connectivity index (χ3v) is 2.31. The van der Waals surface area contributed by atoms with Gasteiger partial charge in [0.1, 0.15) is 0 Å². The van der Waals surface area contributed by atoms with Crippen molar-refractivity contribution < 1.29 is 0 Å². The zero-order valence-electron chi connectivity index (χ0n) is 6.93. The first-order valence-electron chi connectivity index (χ1n) is 4.12. The summed E-state index contributed by atoms with van der Waals surface area (Å²) in [5.74, 6) is 0.768. The molecule has 1 aliphatic rings. The van der Waals surface area contributed by atoms with Gasteiger partial charge in [-0.3, -0.25) is 0 Å². The molecule has 10 heavy (non-hydrogen) atoms. The van der Waals surface area contributed by atoms with E-state index in [9.17, 15) is 0 Å². The second-order valence-electron chi connectivity index (χ2n) is 3.44. The molecular weight excluding hydrogens is 122 g/mol. The van der Waals surface area contributed by atoms with Gasteiger partial charge in [-0.1, -0.05) is 19.9 Å². The van der Waals surface area contributed by atoms with Crippen LogP contribution in [-0.4, -0.2) is 12.1 Å². The van der Waals surface area contributed by atoms with Crippen LogP contribution in [0.15, 0.2) is 12.7 Å².